The zero-order chi connectivity index (χ0) is 23.5. The number of hydrogen-bond acceptors (Lipinski definition) is 5. The van der Waals surface area contributed by atoms with Crippen molar-refractivity contribution >= 4 is 33.0 Å². The van der Waals surface area contributed by atoms with E-state index in [2.05, 4.69) is 10.0 Å². The third-order valence-electron chi connectivity index (χ3n) is 5.28. The lowest BCUT2D eigenvalue weighted by atomic mass is 9.84. The van der Waals surface area contributed by atoms with Gasteiger partial charge in [0.2, 0.25) is 0 Å². The lowest BCUT2D eigenvalue weighted by Gasteiger charge is -2.35. The summed E-state index contributed by atoms with van der Waals surface area (Å²) in [7, 11) is -3.73. The third-order valence-corrected chi connectivity index (χ3v) is 8.34. The molecule has 0 saturated heterocycles. The maximum atomic E-state index is 13.3. The van der Waals surface area contributed by atoms with E-state index in [1.165, 1.54) is 4.31 Å². The maximum absolute atomic E-state index is 13.3. The Balaban J connectivity index is 1.92. The van der Waals surface area contributed by atoms with Crippen LogP contribution in [0.15, 0.2) is 36.0 Å². The number of benzene rings is 1. The van der Waals surface area contributed by atoms with E-state index in [4.69, 9.17) is 4.74 Å². The molecule has 9 heteroatoms. The first-order valence-corrected chi connectivity index (χ1v) is 13.6. The molecule has 1 heterocycles. The monoisotopic (exact) mass is 481 g/mol. The Morgan fingerprint density at radius 2 is 1.88 bits per heavy atom. The van der Waals surface area contributed by atoms with Crippen molar-refractivity contribution in [1.82, 2.24) is 14.3 Å². The fraction of sp³-hybridized carbons (Fsp3) is 0.609. The Kier molecular flexibility index (Phi) is 7.83. The molecule has 0 aromatic heterocycles. The minimum absolute atomic E-state index is 0.00428. The number of allylic oxidation sites excluding steroid dienone is 1. The highest BCUT2D eigenvalue weighted by molar-refractivity contribution is 8.09. The lowest BCUT2D eigenvalue weighted by molar-refractivity contribution is 0.0613. The highest BCUT2D eigenvalue weighted by Crippen LogP contribution is 2.47. The van der Waals surface area contributed by atoms with Gasteiger partial charge < -0.3 is 10.1 Å². The van der Waals surface area contributed by atoms with Gasteiger partial charge in [0.15, 0.2) is 0 Å². The van der Waals surface area contributed by atoms with Crippen molar-refractivity contribution in [1.29, 1.82) is 0 Å². The van der Waals surface area contributed by atoms with Crippen LogP contribution < -0.4 is 10.0 Å². The van der Waals surface area contributed by atoms with Gasteiger partial charge in [-0.25, -0.2) is 9.10 Å². The molecule has 178 valence electrons. The second kappa shape index (κ2) is 10.1. The molecule has 2 aliphatic rings. The first kappa shape index (κ1) is 24.9. The Labute approximate surface area is 196 Å². The van der Waals surface area contributed by atoms with Crippen LogP contribution in [-0.2, 0) is 14.9 Å². The first-order chi connectivity index (χ1) is 15.0. The van der Waals surface area contributed by atoms with E-state index < -0.39 is 21.8 Å². The normalized spacial score (nSPS) is 22.4. The minimum Gasteiger partial charge on any atom is -0.446 e. The molecule has 1 aliphatic carbocycles. The smallest absolute Gasteiger partial charge is 0.407 e. The van der Waals surface area contributed by atoms with Crippen molar-refractivity contribution in [3.8, 4) is 0 Å². The predicted molar refractivity (Wildman–Crippen MR) is 130 cm³/mol. The van der Waals surface area contributed by atoms with Crippen LogP contribution in [0.1, 0.15) is 65.9 Å². The van der Waals surface area contributed by atoms with Crippen LogP contribution in [-0.4, -0.2) is 42.4 Å². The van der Waals surface area contributed by atoms with E-state index in [0.29, 0.717) is 12.3 Å². The van der Waals surface area contributed by atoms with Gasteiger partial charge in [-0.05, 0) is 65.9 Å². The average molecular weight is 482 g/mol. The molecule has 7 nitrogen and oxygen atoms in total. The second-order valence-electron chi connectivity index (χ2n) is 9.75. The second-order valence-corrected chi connectivity index (χ2v) is 12.3. The van der Waals surface area contributed by atoms with E-state index in [0.717, 1.165) is 35.4 Å². The Bertz CT molecular complexity index is 940. The molecule has 1 aliphatic heterocycles. The predicted octanol–water partition coefficient (Wildman–Crippen LogP) is 4.69. The number of hydrogen-bond donors (Lipinski definition) is 2. The number of ether oxygens (including phenoxy) is 1. The Morgan fingerprint density at radius 1 is 1.19 bits per heavy atom. The van der Waals surface area contributed by atoms with Gasteiger partial charge in [0.05, 0.1) is 5.88 Å². The summed E-state index contributed by atoms with van der Waals surface area (Å²) in [5, 5.41) is 2.77. The van der Waals surface area contributed by atoms with Crippen LogP contribution in [0.25, 0.3) is 4.91 Å². The molecule has 1 amide bonds. The third kappa shape index (κ3) is 6.42. The molecular weight excluding hydrogens is 446 g/mol. The number of rotatable bonds is 6. The molecule has 32 heavy (non-hydrogen) atoms. The molecule has 2 N–H and O–H groups in total. The van der Waals surface area contributed by atoms with E-state index in [1.807, 2.05) is 65.0 Å². The van der Waals surface area contributed by atoms with Gasteiger partial charge in [-0.15, -0.1) is 11.8 Å². The Hall–Kier alpha value is -1.71. The number of nitrogens with zero attached hydrogens (tertiary/aromatic N) is 1. The van der Waals surface area contributed by atoms with Gasteiger partial charge in [0.25, 0.3) is 0 Å². The van der Waals surface area contributed by atoms with Crippen molar-refractivity contribution in [2.24, 2.45) is 5.92 Å². The van der Waals surface area contributed by atoms with Crippen LogP contribution >= 0.6 is 11.8 Å². The maximum Gasteiger partial charge on any atom is 0.407 e. The number of carbonyl (C=O) groups is 1. The van der Waals surface area contributed by atoms with Gasteiger partial charge in [-0.1, -0.05) is 30.3 Å². The summed E-state index contributed by atoms with van der Waals surface area (Å²) in [5.74, 6) is 0.322. The quantitative estimate of drug-likeness (QED) is 0.616. The van der Waals surface area contributed by atoms with E-state index >= 15 is 0 Å². The van der Waals surface area contributed by atoms with Crippen LogP contribution in [0, 0.1) is 5.92 Å². The number of nitrogens with one attached hydrogen (secondary N) is 2. The molecule has 1 saturated carbocycles. The van der Waals surface area contributed by atoms with Crippen LogP contribution in [0.4, 0.5) is 4.79 Å². The highest BCUT2D eigenvalue weighted by atomic mass is 32.2. The molecular formula is C23H35N3O4S2. The molecule has 0 spiro atoms. The summed E-state index contributed by atoms with van der Waals surface area (Å²) in [6.45, 7) is 9.30. The van der Waals surface area contributed by atoms with Crippen molar-refractivity contribution in [2.75, 3.05) is 5.88 Å². The largest absolute Gasteiger partial charge is 0.446 e. The SMILES string of the molecule is CC(C)NC(=O)OC1CCCC(C2=C(c3ccccc3)SCN2S(=O)(=O)NC(C)(C)C)C1. The number of alkyl carbamates (subject to hydrolysis) is 1. The molecule has 2 unspecified atom stereocenters. The van der Waals surface area contributed by atoms with Gasteiger partial charge in [0.1, 0.15) is 6.10 Å². The summed E-state index contributed by atoms with van der Waals surface area (Å²) in [4.78, 5) is 13.1. The van der Waals surface area contributed by atoms with Crippen molar-refractivity contribution < 1.29 is 17.9 Å². The van der Waals surface area contributed by atoms with Crippen molar-refractivity contribution in [2.45, 2.75) is 78.0 Å². The Morgan fingerprint density at radius 3 is 2.50 bits per heavy atom. The molecule has 3 rings (SSSR count). The standard InChI is InChI=1S/C23H35N3O4S2/c1-16(2)24-22(27)30-19-13-9-12-18(14-19)20-21(17-10-7-6-8-11-17)31-15-26(20)32(28,29)25-23(3,4)5/h6-8,10-11,16,18-19,25H,9,12-15H2,1-5H3,(H,24,27). The van der Waals surface area contributed by atoms with Gasteiger partial charge in [-0.2, -0.15) is 13.1 Å². The average Bonchev–Trinajstić information content (AvgIpc) is 3.12. The van der Waals surface area contributed by atoms with Gasteiger partial charge in [0, 0.05) is 28.1 Å². The molecule has 1 aromatic carbocycles. The zero-order valence-electron chi connectivity index (χ0n) is 19.6. The molecule has 0 bridgehead atoms. The fourth-order valence-corrected chi connectivity index (χ4v) is 7.42. The van der Waals surface area contributed by atoms with Crippen LogP contribution in [0.2, 0.25) is 0 Å². The fourth-order valence-electron chi connectivity index (χ4n) is 4.15. The number of carbonyl (C=O) groups excluding carboxylic acids is 1. The summed E-state index contributed by atoms with van der Waals surface area (Å²) < 4.78 is 36.7. The van der Waals surface area contributed by atoms with Crippen LogP contribution in [0.5, 0.6) is 0 Å². The molecule has 1 aromatic rings. The lowest BCUT2D eigenvalue weighted by Crippen LogP contribution is -2.48. The van der Waals surface area contributed by atoms with E-state index in [9.17, 15) is 13.2 Å². The minimum atomic E-state index is -3.73. The van der Waals surface area contributed by atoms with Crippen LogP contribution in [0.3, 0.4) is 0 Å². The van der Waals surface area contributed by atoms with Gasteiger partial charge >= 0.3 is 16.3 Å². The zero-order valence-corrected chi connectivity index (χ0v) is 21.2. The highest BCUT2D eigenvalue weighted by Gasteiger charge is 2.40. The molecule has 1 fully saturated rings. The number of amides is 1. The van der Waals surface area contributed by atoms with Crippen molar-refractivity contribution in [3.05, 3.63) is 41.6 Å². The van der Waals surface area contributed by atoms with Gasteiger partial charge in [-0.3, -0.25) is 0 Å². The summed E-state index contributed by atoms with van der Waals surface area (Å²) >= 11 is 1.55. The van der Waals surface area contributed by atoms with E-state index in [-0.39, 0.29) is 18.1 Å². The summed E-state index contributed by atoms with van der Waals surface area (Å²) in [6.07, 6.45) is 2.49. The summed E-state index contributed by atoms with van der Waals surface area (Å²) in [5.41, 5.74) is 1.24. The summed E-state index contributed by atoms with van der Waals surface area (Å²) in [6, 6.07) is 9.93. The van der Waals surface area contributed by atoms with Crippen molar-refractivity contribution in [3.63, 3.8) is 0 Å². The molecule has 0 radical (unpaired) electrons. The molecule has 2 atom stereocenters. The first-order valence-electron chi connectivity index (χ1n) is 11.2. The number of thioether (sulfide) groups is 1. The van der Waals surface area contributed by atoms with E-state index in [1.54, 1.807) is 11.8 Å². The topological polar surface area (TPSA) is 87.7 Å².